The number of benzene rings is 1. The third-order valence-corrected chi connectivity index (χ3v) is 4.74. The predicted molar refractivity (Wildman–Crippen MR) is 92.1 cm³/mol. The summed E-state index contributed by atoms with van der Waals surface area (Å²) in [5.41, 5.74) is 3.48. The average molecular weight is 343 g/mol. The van der Waals surface area contributed by atoms with Crippen molar-refractivity contribution in [2.75, 3.05) is 5.32 Å². The summed E-state index contributed by atoms with van der Waals surface area (Å²) in [5, 5.41) is 4.74. The highest BCUT2D eigenvalue weighted by Crippen LogP contribution is 2.35. The Morgan fingerprint density at radius 1 is 1.30 bits per heavy atom. The molecule has 23 heavy (non-hydrogen) atoms. The number of halogens is 1. The fourth-order valence-electron chi connectivity index (χ4n) is 2.60. The van der Waals surface area contributed by atoms with Crippen LogP contribution < -0.4 is 15.3 Å². The minimum Gasteiger partial charge on any atom is -0.302 e. The Labute approximate surface area is 140 Å². The van der Waals surface area contributed by atoms with Crippen molar-refractivity contribution in [1.29, 1.82) is 0 Å². The number of hydrogen-bond acceptors (Lipinski definition) is 5. The lowest BCUT2D eigenvalue weighted by atomic mass is 10.0. The van der Waals surface area contributed by atoms with Gasteiger partial charge in [-0.1, -0.05) is 41.1 Å². The summed E-state index contributed by atoms with van der Waals surface area (Å²) in [5.74, 6) is -0.139. The van der Waals surface area contributed by atoms with E-state index in [1.165, 1.54) is 18.3 Å². The van der Waals surface area contributed by atoms with Gasteiger partial charge in [-0.05, 0) is 6.07 Å². The zero-order valence-electron chi connectivity index (χ0n) is 12.1. The van der Waals surface area contributed by atoms with Crippen molar-refractivity contribution in [3.63, 3.8) is 0 Å². The molecule has 1 aromatic carbocycles. The van der Waals surface area contributed by atoms with E-state index in [1.807, 2.05) is 30.5 Å². The first-order valence-electron chi connectivity index (χ1n) is 7.02. The van der Waals surface area contributed by atoms with Crippen LogP contribution in [0.2, 0.25) is 5.02 Å². The fraction of sp³-hybridized carbons (Fsp3) is 0.125. The first-order chi connectivity index (χ1) is 11.1. The average Bonchev–Trinajstić information content (AvgIpc) is 3.04. The molecule has 114 valence electrons. The summed E-state index contributed by atoms with van der Waals surface area (Å²) in [4.78, 5) is 24.8. The molecule has 0 saturated carbocycles. The Morgan fingerprint density at radius 3 is 2.91 bits per heavy atom. The van der Waals surface area contributed by atoms with E-state index in [4.69, 9.17) is 11.6 Å². The Morgan fingerprint density at radius 2 is 2.13 bits per heavy atom. The van der Waals surface area contributed by atoms with Gasteiger partial charge in [0, 0.05) is 30.7 Å². The van der Waals surface area contributed by atoms with Crippen molar-refractivity contribution in [1.82, 2.24) is 4.98 Å². The number of fused-ring (bicyclic) bond motifs is 2. The largest absolute Gasteiger partial charge is 0.302 e. The van der Waals surface area contributed by atoms with E-state index in [2.05, 4.69) is 20.3 Å². The molecule has 0 spiro atoms. The van der Waals surface area contributed by atoms with Crippen LogP contribution in [0.15, 0.2) is 39.9 Å². The zero-order valence-corrected chi connectivity index (χ0v) is 13.7. The molecule has 0 saturated heterocycles. The number of aromatic nitrogens is 1. The Kier molecular flexibility index (Phi) is 3.36. The van der Waals surface area contributed by atoms with Gasteiger partial charge < -0.3 is 5.32 Å². The van der Waals surface area contributed by atoms with E-state index < -0.39 is 0 Å². The third kappa shape index (κ3) is 2.40. The van der Waals surface area contributed by atoms with E-state index in [-0.39, 0.29) is 5.91 Å². The summed E-state index contributed by atoms with van der Waals surface area (Å²) in [6.45, 7) is 1.46. The second-order valence-corrected chi connectivity index (χ2v) is 6.52. The summed E-state index contributed by atoms with van der Waals surface area (Å²) < 4.78 is 0.800. The van der Waals surface area contributed by atoms with Crippen LogP contribution in [0.1, 0.15) is 18.9 Å². The summed E-state index contributed by atoms with van der Waals surface area (Å²) in [6.07, 6.45) is 2.52. The molecule has 1 N–H and O–H groups in total. The molecule has 2 aromatic rings. The normalized spacial score (nSPS) is 15.3. The van der Waals surface area contributed by atoms with Gasteiger partial charge in [0.15, 0.2) is 5.13 Å². The molecule has 5 nitrogen and oxygen atoms in total. The number of rotatable bonds is 2. The van der Waals surface area contributed by atoms with Gasteiger partial charge in [-0.15, -0.1) is 0 Å². The van der Waals surface area contributed by atoms with E-state index in [0.717, 1.165) is 32.6 Å². The summed E-state index contributed by atoms with van der Waals surface area (Å²) in [6, 6.07) is 7.59. The van der Waals surface area contributed by atoms with Gasteiger partial charge in [-0.3, -0.25) is 9.79 Å². The Balaban J connectivity index is 1.89. The SMILES string of the molecule is CC(=O)Nc1nc2c(s1)=NC1=C(c3ccccc3Cl)N=CCC=21. The van der Waals surface area contributed by atoms with Gasteiger partial charge in [-0.2, -0.15) is 0 Å². The fourth-order valence-corrected chi connectivity index (χ4v) is 3.74. The van der Waals surface area contributed by atoms with Crippen molar-refractivity contribution in [2.24, 2.45) is 9.98 Å². The lowest BCUT2D eigenvalue weighted by Crippen LogP contribution is -2.20. The molecule has 0 radical (unpaired) electrons. The number of nitrogens with zero attached hydrogens (tertiary/aromatic N) is 3. The first kappa shape index (κ1) is 14.3. The molecule has 7 heteroatoms. The highest BCUT2D eigenvalue weighted by Gasteiger charge is 2.24. The number of amides is 1. The van der Waals surface area contributed by atoms with Gasteiger partial charge in [0.2, 0.25) is 5.91 Å². The molecule has 2 aliphatic heterocycles. The topological polar surface area (TPSA) is 66.7 Å². The Bertz CT molecular complexity index is 1020. The zero-order chi connectivity index (χ0) is 16.0. The molecular weight excluding hydrogens is 332 g/mol. The summed E-state index contributed by atoms with van der Waals surface area (Å²) in [7, 11) is 0. The molecule has 0 unspecified atom stereocenters. The quantitative estimate of drug-likeness (QED) is 0.910. The molecule has 4 rings (SSSR count). The maximum Gasteiger partial charge on any atom is 0.223 e. The maximum absolute atomic E-state index is 11.2. The third-order valence-electron chi connectivity index (χ3n) is 3.55. The number of carbonyl (C=O) groups is 1. The first-order valence-corrected chi connectivity index (χ1v) is 8.21. The van der Waals surface area contributed by atoms with E-state index in [1.54, 1.807) is 0 Å². The van der Waals surface area contributed by atoms with Gasteiger partial charge in [0.25, 0.3) is 0 Å². The minimum absolute atomic E-state index is 0.139. The van der Waals surface area contributed by atoms with E-state index >= 15 is 0 Å². The highest BCUT2D eigenvalue weighted by molar-refractivity contribution is 7.13. The van der Waals surface area contributed by atoms with Crippen LogP contribution in [0, 0.1) is 0 Å². The van der Waals surface area contributed by atoms with Crippen LogP contribution in [-0.2, 0) is 4.79 Å². The van der Waals surface area contributed by atoms with Crippen LogP contribution in [0.3, 0.4) is 0 Å². The number of thiazole rings is 1. The summed E-state index contributed by atoms with van der Waals surface area (Å²) >= 11 is 7.66. The second kappa shape index (κ2) is 5.40. The van der Waals surface area contributed by atoms with Gasteiger partial charge in [0.1, 0.15) is 10.0 Å². The lowest BCUT2D eigenvalue weighted by molar-refractivity contribution is -0.114. The molecule has 0 atom stereocenters. The van der Waals surface area contributed by atoms with Crippen molar-refractivity contribution < 1.29 is 4.79 Å². The molecule has 0 fully saturated rings. The molecule has 2 aliphatic rings. The number of nitrogens with one attached hydrogen (secondary N) is 1. The molecule has 0 aliphatic carbocycles. The van der Waals surface area contributed by atoms with Crippen LogP contribution in [0.25, 0.3) is 11.3 Å². The van der Waals surface area contributed by atoms with Crippen LogP contribution >= 0.6 is 22.9 Å². The number of anilines is 1. The monoisotopic (exact) mass is 342 g/mol. The van der Waals surface area contributed by atoms with Crippen LogP contribution in [0.4, 0.5) is 5.13 Å². The second-order valence-electron chi connectivity index (χ2n) is 5.14. The van der Waals surface area contributed by atoms with Crippen molar-refractivity contribution in [2.45, 2.75) is 13.3 Å². The van der Waals surface area contributed by atoms with Crippen molar-refractivity contribution in [3.05, 3.63) is 50.6 Å². The maximum atomic E-state index is 11.2. The number of aliphatic imine (C=N–C) groups is 1. The minimum atomic E-state index is -0.139. The molecule has 1 aromatic heterocycles. The number of hydrogen-bond donors (Lipinski definition) is 1. The molecule has 3 heterocycles. The Hall–Kier alpha value is -2.31. The standard InChI is InChI=1S/C16H11ClN4OS/c1-8(22)19-16-21-14-10-6-7-18-12(13(10)20-15(14)23-16)9-4-2-3-5-11(9)17/h2-5,7H,6H2,1H3,(H,19,21,22). The lowest BCUT2D eigenvalue weighted by Gasteiger charge is -2.13. The van der Waals surface area contributed by atoms with E-state index in [9.17, 15) is 4.79 Å². The molecule has 1 amide bonds. The smallest absolute Gasteiger partial charge is 0.223 e. The molecule has 0 bridgehead atoms. The number of carbonyl (C=O) groups excluding carboxylic acids is 1. The van der Waals surface area contributed by atoms with E-state index in [0.29, 0.717) is 16.6 Å². The molecular formula is C16H11ClN4OS. The van der Waals surface area contributed by atoms with Crippen molar-refractivity contribution in [3.8, 4) is 0 Å². The van der Waals surface area contributed by atoms with Crippen LogP contribution in [-0.4, -0.2) is 17.1 Å². The van der Waals surface area contributed by atoms with Gasteiger partial charge in [-0.25, -0.2) is 9.98 Å². The van der Waals surface area contributed by atoms with Gasteiger partial charge in [0.05, 0.1) is 16.4 Å². The van der Waals surface area contributed by atoms with Gasteiger partial charge >= 0.3 is 0 Å². The highest BCUT2D eigenvalue weighted by atomic mass is 35.5. The van der Waals surface area contributed by atoms with Crippen molar-refractivity contribution >= 4 is 51.5 Å². The number of allylic oxidation sites excluding steroid dienone is 1. The predicted octanol–water partition coefficient (Wildman–Crippen LogP) is 2.38. The van der Waals surface area contributed by atoms with Crippen LogP contribution in [0.5, 0.6) is 0 Å².